The van der Waals surface area contributed by atoms with Gasteiger partial charge in [-0.3, -0.25) is 4.79 Å². The Bertz CT molecular complexity index is 360. The summed E-state index contributed by atoms with van der Waals surface area (Å²) in [7, 11) is 0. The molecule has 6 heteroatoms. The van der Waals surface area contributed by atoms with Gasteiger partial charge in [0.1, 0.15) is 12.4 Å². The van der Waals surface area contributed by atoms with E-state index in [0.29, 0.717) is 12.4 Å². The SMILES string of the molecule is CCOC(=O)C(CSc1ccncn1)NC(C)C. The number of esters is 1. The molecule has 0 spiro atoms. The van der Waals surface area contributed by atoms with Gasteiger partial charge in [-0.05, 0) is 13.0 Å². The molecule has 1 heterocycles. The van der Waals surface area contributed by atoms with Crippen LogP contribution in [0.5, 0.6) is 0 Å². The third kappa shape index (κ3) is 5.46. The van der Waals surface area contributed by atoms with Gasteiger partial charge in [0.25, 0.3) is 0 Å². The molecular weight excluding hydrogens is 250 g/mol. The van der Waals surface area contributed by atoms with Crippen molar-refractivity contribution in [3.63, 3.8) is 0 Å². The number of thioether (sulfide) groups is 1. The van der Waals surface area contributed by atoms with Crippen LogP contribution >= 0.6 is 11.8 Å². The molecule has 0 saturated heterocycles. The lowest BCUT2D eigenvalue weighted by atomic mass is 10.3. The Morgan fingerprint density at radius 1 is 1.56 bits per heavy atom. The van der Waals surface area contributed by atoms with E-state index in [0.717, 1.165) is 5.03 Å². The molecule has 1 rings (SSSR count). The molecule has 0 aromatic carbocycles. The fourth-order valence-corrected chi connectivity index (χ4v) is 2.21. The van der Waals surface area contributed by atoms with Crippen molar-refractivity contribution in [1.29, 1.82) is 0 Å². The van der Waals surface area contributed by atoms with Crippen LogP contribution in [0.1, 0.15) is 20.8 Å². The second-order valence-electron chi connectivity index (χ2n) is 3.98. The van der Waals surface area contributed by atoms with Crippen LogP contribution in [0.15, 0.2) is 23.6 Å². The van der Waals surface area contributed by atoms with Gasteiger partial charge in [0, 0.05) is 18.0 Å². The number of ether oxygens (including phenoxy) is 1. The Kier molecular flexibility index (Phi) is 6.67. The lowest BCUT2D eigenvalue weighted by molar-refractivity contribution is -0.145. The minimum absolute atomic E-state index is 0.215. The van der Waals surface area contributed by atoms with Gasteiger partial charge in [-0.15, -0.1) is 11.8 Å². The van der Waals surface area contributed by atoms with Gasteiger partial charge >= 0.3 is 5.97 Å². The Hall–Kier alpha value is -1.14. The van der Waals surface area contributed by atoms with Gasteiger partial charge in [0.15, 0.2) is 0 Å². The molecule has 1 N–H and O–H groups in total. The Morgan fingerprint density at radius 3 is 2.89 bits per heavy atom. The molecule has 5 nitrogen and oxygen atoms in total. The smallest absolute Gasteiger partial charge is 0.324 e. The van der Waals surface area contributed by atoms with Crippen LogP contribution in [-0.2, 0) is 9.53 Å². The minimum atomic E-state index is -0.315. The van der Waals surface area contributed by atoms with E-state index in [1.54, 1.807) is 6.20 Å². The molecule has 1 unspecified atom stereocenters. The van der Waals surface area contributed by atoms with Crippen molar-refractivity contribution in [3.05, 3.63) is 18.6 Å². The number of rotatable bonds is 7. The number of hydrogen-bond donors (Lipinski definition) is 1. The first-order valence-corrected chi connectivity index (χ1v) is 6.93. The fourth-order valence-electron chi connectivity index (χ4n) is 1.36. The first kappa shape index (κ1) is 14.9. The maximum atomic E-state index is 11.8. The quantitative estimate of drug-likeness (QED) is 0.460. The molecule has 1 aromatic rings. The van der Waals surface area contributed by atoms with Gasteiger partial charge in [-0.25, -0.2) is 9.97 Å². The van der Waals surface area contributed by atoms with E-state index in [1.807, 2.05) is 26.8 Å². The summed E-state index contributed by atoms with van der Waals surface area (Å²) in [5.74, 6) is 0.376. The average molecular weight is 269 g/mol. The first-order valence-electron chi connectivity index (χ1n) is 5.95. The monoisotopic (exact) mass is 269 g/mol. The molecule has 0 radical (unpaired) electrons. The number of aromatic nitrogens is 2. The van der Waals surface area contributed by atoms with Crippen molar-refractivity contribution in [1.82, 2.24) is 15.3 Å². The number of carbonyl (C=O) groups is 1. The number of nitrogens with zero attached hydrogens (tertiary/aromatic N) is 2. The predicted octanol–water partition coefficient (Wildman–Crippen LogP) is 1.50. The van der Waals surface area contributed by atoms with E-state index in [4.69, 9.17) is 4.74 Å². The van der Waals surface area contributed by atoms with E-state index >= 15 is 0 Å². The molecule has 0 aliphatic carbocycles. The Labute approximate surface area is 112 Å². The van der Waals surface area contributed by atoms with Crippen LogP contribution in [0.4, 0.5) is 0 Å². The van der Waals surface area contributed by atoms with Gasteiger partial charge in [-0.2, -0.15) is 0 Å². The van der Waals surface area contributed by atoms with E-state index in [2.05, 4.69) is 15.3 Å². The highest BCUT2D eigenvalue weighted by atomic mass is 32.2. The van der Waals surface area contributed by atoms with E-state index < -0.39 is 0 Å². The molecule has 0 aliphatic rings. The summed E-state index contributed by atoms with van der Waals surface area (Å²) in [6.07, 6.45) is 3.18. The lowest BCUT2D eigenvalue weighted by Crippen LogP contribution is -2.43. The molecule has 0 aliphatic heterocycles. The highest BCUT2D eigenvalue weighted by Crippen LogP contribution is 2.15. The van der Waals surface area contributed by atoms with Gasteiger partial charge < -0.3 is 10.1 Å². The molecule has 0 amide bonds. The topological polar surface area (TPSA) is 64.1 Å². The van der Waals surface area contributed by atoms with Crippen LogP contribution in [0.2, 0.25) is 0 Å². The molecule has 0 saturated carbocycles. The Morgan fingerprint density at radius 2 is 2.33 bits per heavy atom. The molecule has 1 aromatic heterocycles. The third-order valence-electron chi connectivity index (χ3n) is 2.06. The van der Waals surface area contributed by atoms with E-state index in [-0.39, 0.29) is 18.1 Å². The highest BCUT2D eigenvalue weighted by Gasteiger charge is 2.20. The van der Waals surface area contributed by atoms with Crippen LogP contribution in [0.3, 0.4) is 0 Å². The summed E-state index contributed by atoms with van der Waals surface area (Å²) < 4.78 is 5.05. The van der Waals surface area contributed by atoms with Crippen LogP contribution < -0.4 is 5.32 Å². The first-order chi connectivity index (χ1) is 8.63. The maximum absolute atomic E-state index is 11.8. The summed E-state index contributed by atoms with van der Waals surface area (Å²) in [4.78, 5) is 19.7. The second kappa shape index (κ2) is 8.05. The maximum Gasteiger partial charge on any atom is 0.324 e. The Balaban J connectivity index is 2.53. The van der Waals surface area contributed by atoms with Crippen molar-refractivity contribution in [2.24, 2.45) is 0 Å². The molecule has 0 bridgehead atoms. The third-order valence-corrected chi connectivity index (χ3v) is 3.10. The van der Waals surface area contributed by atoms with Gasteiger partial charge in [-0.1, -0.05) is 13.8 Å². The normalized spacial score (nSPS) is 12.4. The minimum Gasteiger partial charge on any atom is -0.465 e. The van der Waals surface area contributed by atoms with Crippen molar-refractivity contribution in [2.45, 2.75) is 37.9 Å². The zero-order valence-corrected chi connectivity index (χ0v) is 11.7. The van der Waals surface area contributed by atoms with Crippen LogP contribution in [0, 0.1) is 0 Å². The van der Waals surface area contributed by atoms with E-state index in [9.17, 15) is 4.79 Å². The average Bonchev–Trinajstić information content (AvgIpc) is 2.35. The molecule has 100 valence electrons. The van der Waals surface area contributed by atoms with E-state index in [1.165, 1.54) is 18.1 Å². The standard InChI is InChI=1S/C12H19N3O2S/c1-4-17-12(16)10(15-9(2)3)7-18-11-5-6-13-8-14-11/h5-6,8-10,15H,4,7H2,1-3H3. The predicted molar refractivity (Wildman–Crippen MR) is 71.4 cm³/mol. The largest absolute Gasteiger partial charge is 0.465 e. The number of carbonyl (C=O) groups excluding carboxylic acids is 1. The van der Waals surface area contributed by atoms with Gasteiger partial charge in [0.2, 0.25) is 0 Å². The summed E-state index contributed by atoms with van der Waals surface area (Å²) in [6, 6.07) is 1.73. The molecule has 1 atom stereocenters. The summed E-state index contributed by atoms with van der Waals surface area (Å²) >= 11 is 1.51. The molecule has 0 fully saturated rings. The van der Waals surface area contributed by atoms with Crippen LogP contribution in [0.25, 0.3) is 0 Å². The fraction of sp³-hybridized carbons (Fsp3) is 0.583. The zero-order chi connectivity index (χ0) is 13.4. The van der Waals surface area contributed by atoms with Crippen molar-refractivity contribution in [2.75, 3.05) is 12.4 Å². The number of hydrogen-bond acceptors (Lipinski definition) is 6. The van der Waals surface area contributed by atoms with Crippen LogP contribution in [-0.4, -0.2) is 40.4 Å². The van der Waals surface area contributed by atoms with Gasteiger partial charge in [0.05, 0.1) is 11.6 Å². The van der Waals surface area contributed by atoms with Crippen molar-refractivity contribution < 1.29 is 9.53 Å². The van der Waals surface area contributed by atoms with Crippen molar-refractivity contribution in [3.8, 4) is 0 Å². The number of nitrogens with one attached hydrogen (secondary N) is 1. The lowest BCUT2D eigenvalue weighted by Gasteiger charge is -2.19. The zero-order valence-electron chi connectivity index (χ0n) is 10.9. The summed E-state index contributed by atoms with van der Waals surface area (Å²) in [5.41, 5.74) is 0. The summed E-state index contributed by atoms with van der Waals surface area (Å²) in [5, 5.41) is 4.05. The molecule has 18 heavy (non-hydrogen) atoms. The highest BCUT2D eigenvalue weighted by molar-refractivity contribution is 7.99. The van der Waals surface area contributed by atoms with Crippen molar-refractivity contribution >= 4 is 17.7 Å². The molecular formula is C12H19N3O2S. The summed E-state index contributed by atoms with van der Waals surface area (Å²) in [6.45, 7) is 6.21. The second-order valence-corrected chi connectivity index (χ2v) is 5.02.